The summed E-state index contributed by atoms with van der Waals surface area (Å²) in [6.07, 6.45) is 1.27. The molecular formula is C13H21FN2. The molecule has 0 fully saturated rings. The summed E-state index contributed by atoms with van der Waals surface area (Å²) in [6, 6.07) is 3.72. The molecule has 16 heavy (non-hydrogen) atoms. The summed E-state index contributed by atoms with van der Waals surface area (Å²) in [7, 11) is 0. The highest BCUT2D eigenvalue weighted by molar-refractivity contribution is 5.12. The van der Waals surface area contributed by atoms with Gasteiger partial charge in [-0.05, 0) is 17.5 Å². The van der Waals surface area contributed by atoms with Gasteiger partial charge in [-0.2, -0.15) is 0 Å². The molecule has 1 aromatic heterocycles. The summed E-state index contributed by atoms with van der Waals surface area (Å²) < 4.78 is 12.8. The fourth-order valence-corrected chi connectivity index (χ4v) is 1.67. The second-order valence-corrected chi connectivity index (χ2v) is 5.52. The van der Waals surface area contributed by atoms with Gasteiger partial charge in [0.15, 0.2) is 0 Å². The van der Waals surface area contributed by atoms with Gasteiger partial charge in [0, 0.05) is 6.04 Å². The summed E-state index contributed by atoms with van der Waals surface area (Å²) in [5.74, 6) is -0.291. The molecule has 0 saturated carbocycles. The Balaban J connectivity index is 2.97. The lowest BCUT2D eigenvalue weighted by Gasteiger charge is -2.32. The van der Waals surface area contributed by atoms with E-state index in [1.807, 2.05) is 0 Å². The molecule has 1 heterocycles. The van der Waals surface area contributed by atoms with Crippen LogP contribution in [-0.2, 0) is 0 Å². The molecule has 0 radical (unpaired) electrons. The Bertz CT molecular complexity index is 325. The number of nitrogens with one attached hydrogen (secondary N) is 1. The number of halogens is 1. The smallest absolute Gasteiger partial charge is 0.141 e. The van der Waals surface area contributed by atoms with E-state index < -0.39 is 0 Å². The van der Waals surface area contributed by atoms with E-state index in [0.29, 0.717) is 6.04 Å². The van der Waals surface area contributed by atoms with E-state index in [1.165, 1.54) is 12.3 Å². The summed E-state index contributed by atoms with van der Waals surface area (Å²) in [5.41, 5.74) is 0.942. The van der Waals surface area contributed by atoms with Crippen molar-refractivity contribution in [1.82, 2.24) is 10.3 Å². The SMILES string of the molecule is CC(C)NC(c1ccc(F)cn1)C(C)(C)C. The summed E-state index contributed by atoms with van der Waals surface area (Å²) >= 11 is 0. The topological polar surface area (TPSA) is 24.9 Å². The highest BCUT2D eigenvalue weighted by atomic mass is 19.1. The maximum Gasteiger partial charge on any atom is 0.141 e. The fraction of sp³-hybridized carbons (Fsp3) is 0.615. The van der Waals surface area contributed by atoms with Crippen molar-refractivity contribution in [3.8, 4) is 0 Å². The number of pyridine rings is 1. The summed E-state index contributed by atoms with van der Waals surface area (Å²) in [6.45, 7) is 10.7. The highest BCUT2D eigenvalue weighted by Gasteiger charge is 2.27. The molecule has 0 amide bonds. The van der Waals surface area contributed by atoms with Crippen LogP contribution in [0.15, 0.2) is 18.3 Å². The molecule has 0 aliphatic rings. The number of rotatable bonds is 3. The van der Waals surface area contributed by atoms with Crippen LogP contribution in [0.5, 0.6) is 0 Å². The third kappa shape index (κ3) is 3.56. The number of hydrogen-bond donors (Lipinski definition) is 1. The minimum Gasteiger partial charge on any atom is -0.306 e. The second-order valence-electron chi connectivity index (χ2n) is 5.52. The number of hydrogen-bond acceptors (Lipinski definition) is 2. The molecule has 1 atom stereocenters. The quantitative estimate of drug-likeness (QED) is 0.852. The fourth-order valence-electron chi connectivity index (χ4n) is 1.67. The van der Waals surface area contributed by atoms with Crippen molar-refractivity contribution < 1.29 is 4.39 Å². The molecule has 1 aromatic rings. The zero-order chi connectivity index (χ0) is 12.3. The Morgan fingerprint density at radius 2 is 1.88 bits per heavy atom. The van der Waals surface area contributed by atoms with Crippen LogP contribution in [0.1, 0.15) is 46.4 Å². The molecule has 0 aromatic carbocycles. The van der Waals surface area contributed by atoms with Crippen LogP contribution < -0.4 is 5.32 Å². The molecule has 0 aliphatic carbocycles. The largest absolute Gasteiger partial charge is 0.306 e. The molecule has 0 saturated heterocycles. The van der Waals surface area contributed by atoms with Gasteiger partial charge < -0.3 is 5.32 Å². The molecule has 1 unspecified atom stereocenters. The van der Waals surface area contributed by atoms with E-state index in [9.17, 15) is 4.39 Å². The van der Waals surface area contributed by atoms with Gasteiger partial charge in [-0.3, -0.25) is 4.98 Å². The Morgan fingerprint density at radius 1 is 1.25 bits per heavy atom. The molecule has 0 spiro atoms. The van der Waals surface area contributed by atoms with Crippen molar-refractivity contribution in [2.24, 2.45) is 5.41 Å². The van der Waals surface area contributed by atoms with E-state index in [2.05, 4.69) is 44.9 Å². The lowest BCUT2D eigenvalue weighted by Crippen LogP contribution is -2.37. The van der Waals surface area contributed by atoms with Crippen molar-refractivity contribution in [2.75, 3.05) is 0 Å². The summed E-state index contributed by atoms with van der Waals surface area (Å²) in [5, 5.41) is 3.47. The van der Waals surface area contributed by atoms with E-state index in [4.69, 9.17) is 0 Å². The van der Waals surface area contributed by atoms with Crippen molar-refractivity contribution in [3.05, 3.63) is 29.8 Å². The predicted octanol–water partition coefficient (Wildman–Crippen LogP) is 3.31. The van der Waals surface area contributed by atoms with E-state index in [1.54, 1.807) is 6.07 Å². The maximum atomic E-state index is 12.8. The number of nitrogens with zero attached hydrogens (tertiary/aromatic N) is 1. The van der Waals surface area contributed by atoms with Crippen LogP contribution in [0.25, 0.3) is 0 Å². The second kappa shape index (κ2) is 4.91. The Hall–Kier alpha value is -0.960. The molecule has 3 heteroatoms. The van der Waals surface area contributed by atoms with Crippen molar-refractivity contribution in [3.63, 3.8) is 0 Å². The van der Waals surface area contributed by atoms with E-state index in [0.717, 1.165) is 5.69 Å². The normalized spacial score (nSPS) is 14.2. The Morgan fingerprint density at radius 3 is 2.25 bits per heavy atom. The van der Waals surface area contributed by atoms with Crippen LogP contribution in [0.4, 0.5) is 4.39 Å². The molecule has 90 valence electrons. The third-order valence-electron chi connectivity index (χ3n) is 2.41. The lowest BCUT2D eigenvalue weighted by molar-refractivity contribution is 0.252. The van der Waals surface area contributed by atoms with Crippen LogP contribution in [0, 0.1) is 11.2 Å². The van der Waals surface area contributed by atoms with E-state index >= 15 is 0 Å². The average Bonchev–Trinajstić information content (AvgIpc) is 2.14. The van der Waals surface area contributed by atoms with Crippen LogP contribution in [0.3, 0.4) is 0 Å². The van der Waals surface area contributed by atoms with Crippen molar-refractivity contribution in [2.45, 2.75) is 46.7 Å². The highest BCUT2D eigenvalue weighted by Crippen LogP contribution is 2.31. The zero-order valence-electron chi connectivity index (χ0n) is 10.7. The van der Waals surface area contributed by atoms with Gasteiger partial charge in [-0.1, -0.05) is 34.6 Å². The predicted molar refractivity (Wildman–Crippen MR) is 64.7 cm³/mol. The van der Waals surface area contributed by atoms with Gasteiger partial charge in [-0.25, -0.2) is 4.39 Å². The monoisotopic (exact) mass is 224 g/mol. The molecule has 1 rings (SSSR count). The minimum absolute atomic E-state index is 0.0507. The van der Waals surface area contributed by atoms with Crippen LogP contribution >= 0.6 is 0 Å². The first-order valence-electron chi connectivity index (χ1n) is 5.68. The molecule has 0 bridgehead atoms. The third-order valence-corrected chi connectivity index (χ3v) is 2.41. The van der Waals surface area contributed by atoms with Gasteiger partial charge in [-0.15, -0.1) is 0 Å². The summed E-state index contributed by atoms with van der Waals surface area (Å²) in [4.78, 5) is 4.16. The molecule has 2 nitrogen and oxygen atoms in total. The Labute approximate surface area is 97.3 Å². The first-order valence-corrected chi connectivity index (χ1v) is 5.68. The van der Waals surface area contributed by atoms with E-state index in [-0.39, 0.29) is 17.3 Å². The van der Waals surface area contributed by atoms with Gasteiger partial charge in [0.05, 0.1) is 17.9 Å². The average molecular weight is 224 g/mol. The van der Waals surface area contributed by atoms with Gasteiger partial charge in [0.2, 0.25) is 0 Å². The van der Waals surface area contributed by atoms with Gasteiger partial charge >= 0.3 is 0 Å². The molecular weight excluding hydrogens is 203 g/mol. The standard InChI is InChI=1S/C13H21FN2/c1-9(2)16-12(13(3,4)5)11-7-6-10(14)8-15-11/h6-9,12,16H,1-5H3. The molecule has 1 N–H and O–H groups in total. The zero-order valence-corrected chi connectivity index (χ0v) is 10.7. The first kappa shape index (κ1) is 13.1. The van der Waals surface area contributed by atoms with Gasteiger partial charge in [0.25, 0.3) is 0 Å². The van der Waals surface area contributed by atoms with Crippen molar-refractivity contribution in [1.29, 1.82) is 0 Å². The maximum absolute atomic E-state index is 12.8. The lowest BCUT2D eigenvalue weighted by atomic mass is 9.84. The minimum atomic E-state index is -0.291. The number of aromatic nitrogens is 1. The first-order chi connectivity index (χ1) is 7.30. The Kier molecular flexibility index (Phi) is 4.03. The van der Waals surface area contributed by atoms with Crippen molar-refractivity contribution >= 4 is 0 Å². The molecule has 0 aliphatic heterocycles. The van der Waals surface area contributed by atoms with Gasteiger partial charge in [0.1, 0.15) is 5.82 Å². The van der Waals surface area contributed by atoms with Crippen LogP contribution in [0.2, 0.25) is 0 Å². The van der Waals surface area contributed by atoms with Crippen LogP contribution in [-0.4, -0.2) is 11.0 Å².